The van der Waals surface area contributed by atoms with Crippen molar-refractivity contribution in [1.29, 1.82) is 0 Å². The van der Waals surface area contributed by atoms with Crippen LogP contribution in [0.2, 0.25) is 0 Å². The van der Waals surface area contributed by atoms with Gasteiger partial charge in [0.1, 0.15) is 0 Å². The normalized spacial score (nSPS) is 11.4. The molecular formula is C23H29N. The van der Waals surface area contributed by atoms with E-state index in [4.69, 9.17) is 4.98 Å². The molecule has 0 unspecified atom stereocenters. The van der Waals surface area contributed by atoms with Gasteiger partial charge in [0.15, 0.2) is 0 Å². The fourth-order valence-electron chi connectivity index (χ4n) is 3.60. The molecule has 2 aromatic carbocycles. The summed E-state index contributed by atoms with van der Waals surface area (Å²) in [6, 6.07) is 15.4. The SMILES string of the molecule is CCCCCc1ccc2nc3ccccc3cc2c1CCCCC. The molecule has 0 radical (unpaired) electrons. The Morgan fingerprint density at radius 2 is 1.50 bits per heavy atom. The van der Waals surface area contributed by atoms with Gasteiger partial charge in [-0.2, -0.15) is 0 Å². The van der Waals surface area contributed by atoms with Gasteiger partial charge in [0.05, 0.1) is 11.0 Å². The van der Waals surface area contributed by atoms with E-state index in [0.717, 1.165) is 11.0 Å². The zero-order valence-electron chi connectivity index (χ0n) is 15.1. The molecule has 3 aromatic rings. The van der Waals surface area contributed by atoms with Gasteiger partial charge in [-0.05, 0) is 55.0 Å². The van der Waals surface area contributed by atoms with Gasteiger partial charge in [-0.25, -0.2) is 4.98 Å². The molecule has 0 saturated carbocycles. The minimum Gasteiger partial charge on any atom is -0.248 e. The summed E-state index contributed by atoms with van der Waals surface area (Å²) in [4.78, 5) is 4.90. The van der Waals surface area contributed by atoms with Gasteiger partial charge < -0.3 is 0 Å². The first kappa shape index (κ1) is 17.0. The highest BCUT2D eigenvalue weighted by Gasteiger charge is 2.10. The first-order chi connectivity index (χ1) is 11.8. The third-order valence-corrected chi connectivity index (χ3v) is 4.99. The summed E-state index contributed by atoms with van der Waals surface area (Å²) in [6.07, 6.45) is 10.2. The number of aryl methyl sites for hydroxylation is 2. The van der Waals surface area contributed by atoms with Crippen LogP contribution in [-0.4, -0.2) is 4.98 Å². The second kappa shape index (κ2) is 8.28. The van der Waals surface area contributed by atoms with Crippen LogP contribution < -0.4 is 0 Å². The summed E-state index contributed by atoms with van der Waals surface area (Å²) in [5, 5.41) is 2.63. The lowest BCUT2D eigenvalue weighted by molar-refractivity contribution is 0.696. The van der Waals surface area contributed by atoms with Crippen molar-refractivity contribution >= 4 is 21.8 Å². The summed E-state index contributed by atoms with van der Waals surface area (Å²) in [5.74, 6) is 0. The van der Waals surface area contributed by atoms with Gasteiger partial charge in [-0.15, -0.1) is 0 Å². The zero-order chi connectivity index (χ0) is 16.8. The third-order valence-electron chi connectivity index (χ3n) is 4.99. The summed E-state index contributed by atoms with van der Waals surface area (Å²) in [7, 11) is 0. The Morgan fingerprint density at radius 1 is 0.750 bits per heavy atom. The van der Waals surface area contributed by atoms with Gasteiger partial charge in [-0.1, -0.05) is 63.8 Å². The Bertz CT molecular complexity index is 804. The summed E-state index contributed by atoms with van der Waals surface area (Å²) >= 11 is 0. The van der Waals surface area contributed by atoms with Crippen molar-refractivity contribution in [3.05, 3.63) is 53.6 Å². The third kappa shape index (κ3) is 3.77. The van der Waals surface area contributed by atoms with Crippen molar-refractivity contribution in [2.24, 2.45) is 0 Å². The van der Waals surface area contributed by atoms with Gasteiger partial charge in [0.25, 0.3) is 0 Å². The van der Waals surface area contributed by atoms with Crippen LogP contribution in [-0.2, 0) is 12.8 Å². The number of hydrogen-bond donors (Lipinski definition) is 0. The summed E-state index contributed by atoms with van der Waals surface area (Å²) < 4.78 is 0. The Hall–Kier alpha value is -1.89. The predicted octanol–water partition coefficient (Wildman–Crippen LogP) is 6.85. The number of benzene rings is 2. The van der Waals surface area contributed by atoms with E-state index >= 15 is 0 Å². The Morgan fingerprint density at radius 3 is 2.29 bits per heavy atom. The second-order valence-electron chi connectivity index (χ2n) is 6.87. The molecule has 24 heavy (non-hydrogen) atoms. The first-order valence-electron chi connectivity index (χ1n) is 9.63. The smallest absolute Gasteiger partial charge is 0.0712 e. The zero-order valence-corrected chi connectivity index (χ0v) is 15.1. The van der Waals surface area contributed by atoms with E-state index in [2.05, 4.69) is 56.3 Å². The van der Waals surface area contributed by atoms with Gasteiger partial charge in [0, 0.05) is 10.8 Å². The molecule has 0 aliphatic rings. The number of pyridine rings is 1. The van der Waals surface area contributed by atoms with E-state index in [1.165, 1.54) is 62.1 Å². The second-order valence-corrected chi connectivity index (χ2v) is 6.87. The molecule has 0 N–H and O–H groups in total. The molecule has 1 aromatic heterocycles. The molecule has 0 atom stereocenters. The topological polar surface area (TPSA) is 12.9 Å². The molecular weight excluding hydrogens is 290 g/mol. The number of nitrogens with zero attached hydrogens (tertiary/aromatic N) is 1. The Balaban J connectivity index is 2.05. The molecule has 0 aliphatic heterocycles. The van der Waals surface area contributed by atoms with Crippen molar-refractivity contribution in [3.63, 3.8) is 0 Å². The largest absolute Gasteiger partial charge is 0.248 e. The molecule has 0 bridgehead atoms. The molecule has 0 fully saturated rings. The maximum Gasteiger partial charge on any atom is 0.0712 e. The van der Waals surface area contributed by atoms with E-state index in [1.807, 2.05) is 0 Å². The molecule has 0 amide bonds. The minimum atomic E-state index is 1.10. The molecule has 3 rings (SSSR count). The van der Waals surface area contributed by atoms with Crippen LogP contribution in [0.5, 0.6) is 0 Å². The lowest BCUT2D eigenvalue weighted by Crippen LogP contribution is -1.98. The fourth-order valence-corrected chi connectivity index (χ4v) is 3.60. The van der Waals surface area contributed by atoms with Crippen molar-refractivity contribution in [1.82, 2.24) is 4.98 Å². The lowest BCUT2D eigenvalue weighted by atomic mass is 9.93. The van der Waals surface area contributed by atoms with Crippen LogP contribution in [0.15, 0.2) is 42.5 Å². The van der Waals surface area contributed by atoms with Crippen LogP contribution in [0.25, 0.3) is 21.8 Å². The van der Waals surface area contributed by atoms with Gasteiger partial charge >= 0.3 is 0 Å². The van der Waals surface area contributed by atoms with E-state index in [9.17, 15) is 0 Å². The molecule has 126 valence electrons. The standard InChI is InChI=1S/C23H29N/c1-3-5-7-11-18-15-16-23-21(20(18)13-8-6-4-2)17-19-12-9-10-14-22(19)24-23/h9-10,12,14-17H,3-8,11,13H2,1-2H3. The molecule has 0 aliphatic carbocycles. The molecule has 1 heterocycles. The monoisotopic (exact) mass is 319 g/mol. The van der Waals surface area contributed by atoms with Crippen LogP contribution in [0, 0.1) is 0 Å². The quantitative estimate of drug-likeness (QED) is 0.327. The lowest BCUT2D eigenvalue weighted by Gasteiger charge is -2.14. The number of para-hydroxylation sites is 1. The van der Waals surface area contributed by atoms with E-state index < -0.39 is 0 Å². The number of hydrogen-bond acceptors (Lipinski definition) is 1. The molecule has 0 spiro atoms. The van der Waals surface area contributed by atoms with Crippen molar-refractivity contribution in [3.8, 4) is 0 Å². The van der Waals surface area contributed by atoms with Gasteiger partial charge in [0.2, 0.25) is 0 Å². The van der Waals surface area contributed by atoms with Crippen LogP contribution in [0.4, 0.5) is 0 Å². The highest BCUT2D eigenvalue weighted by Crippen LogP contribution is 2.28. The highest BCUT2D eigenvalue weighted by atomic mass is 14.7. The van der Waals surface area contributed by atoms with Crippen molar-refractivity contribution in [2.45, 2.75) is 65.2 Å². The first-order valence-corrected chi connectivity index (χ1v) is 9.63. The Kier molecular flexibility index (Phi) is 5.85. The van der Waals surface area contributed by atoms with E-state index in [0.29, 0.717) is 0 Å². The average molecular weight is 319 g/mol. The predicted molar refractivity (Wildman–Crippen MR) is 106 cm³/mol. The number of aromatic nitrogens is 1. The number of unbranched alkanes of at least 4 members (excludes halogenated alkanes) is 4. The van der Waals surface area contributed by atoms with Gasteiger partial charge in [-0.3, -0.25) is 0 Å². The minimum absolute atomic E-state index is 1.10. The fraction of sp³-hybridized carbons (Fsp3) is 0.435. The average Bonchev–Trinajstić information content (AvgIpc) is 2.61. The molecule has 1 nitrogen and oxygen atoms in total. The maximum absolute atomic E-state index is 4.90. The number of rotatable bonds is 8. The maximum atomic E-state index is 4.90. The Labute approximate surface area is 146 Å². The summed E-state index contributed by atoms with van der Waals surface area (Å²) in [6.45, 7) is 4.55. The van der Waals surface area contributed by atoms with E-state index in [-0.39, 0.29) is 0 Å². The van der Waals surface area contributed by atoms with E-state index in [1.54, 1.807) is 11.1 Å². The molecule has 0 saturated heterocycles. The van der Waals surface area contributed by atoms with Crippen LogP contribution in [0.1, 0.15) is 63.5 Å². The highest BCUT2D eigenvalue weighted by molar-refractivity contribution is 5.94. The van der Waals surface area contributed by atoms with Crippen LogP contribution >= 0.6 is 0 Å². The van der Waals surface area contributed by atoms with Crippen molar-refractivity contribution < 1.29 is 0 Å². The number of fused-ring (bicyclic) bond motifs is 2. The van der Waals surface area contributed by atoms with Crippen molar-refractivity contribution in [2.75, 3.05) is 0 Å². The van der Waals surface area contributed by atoms with Crippen LogP contribution in [0.3, 0.4) is 0 Å². The summed E-state index contributed by atoms with van der Waals surface area (Å²) in [5.41, 5.74) is 5.35. The molecule has 1 heteroatoms.